The van der Waals surface area contributed by atoms with Crippen LogP contribution in [0.1, 0.15) is 69.9 Å². The van der Waals surface area contributed by atoms with E-state index < -0.39 is 0 Å². The molecule has 1 N–H and O–H groups in total. The molecule has 3 aliphatic carbocycles. The molecule has 0 saturated heterocycles. The van der Waals surface area contributed by atoms with Crippen LogP contribution in [0, 0.1) is 17.3 Å². The van der Waals surface area contributed by atoms with E-state index in [1.165, 1.54) is 17.5 Å². The minimum absolute atomic E-state index is 0.0883. The first-order chi connectivity index (χ1) is 15.0. The Kier molecular flexibility index (Phi) is 5.54. The first-order valence-corrected chi connectivity index (χ1v) is 12.5. The summed E-state index contributed by atoms with van der Waals surface area (Å²) < 4.78 is 5.89. The van der Waals surface area contributed by atoms with Crippen LogP contribution in [0.5, 0.6) is 5.75 Å². The summed E-state index contributed by atoms with van der Waals surface area (Å²) in [4.78, 5) is 17.3. The van der Waals surface area contributed by atoms with Crippen molar-refractivity contribution < 1.29 is 14.6 Å². The molecule has 1 aliphatic heterocycles. The van der Waals surface area contributed by atoms with Crippen LogP contribution in [0.4, 0.5) is 5.69 Å². The van der Waals surface area contributed by atoms with Gasteiger partial charge in [-0.3, -0.25) is 4.79 Å². The average molecular weight is 427 g/mol. The van der Waals surface area contributed by atoms with Crippen LogP contribution >= 0.6 is 0 Å². The fraction of sp³-hybridized carbons (Fsp3) is 0.731. The molecular weight excluding hydrogens is 388 g/mol. The van der Waals surface area contributed by atoms with Crippen LogP contribution in [0.2, 0.25) is 0 Å². The Morgan fingerprint density at radius 2 is 2.00 bits per heavy atom. The number of aliphatic hydroxyl groups is 1. The zero-order chi connectivity index (χ0) is 21.8. The Morgan fingerprint density at radius 3 is 2.77 bits per heavy atom. The first-order valence-electron chi connectivity index (χ1n) is 12.5. The van der Waals surface area contributed by atoms with Crippen LogP contribution in [0.3, 0.4) is 0 Å². The number of nitrogens with zero attached hydrogens (tertiary/aromatic N) is 2. The molecule has 4 unspecified atom stereocenters. The van der Waals surface area contributed by atoms with E-state index in [0.717, 1.165) is 69.7 Å². The maximum Gasteiger partial charge on any atom is 0.265 e. The van der Waals surface area contributed by atoms with Gasteiger partial charge in [-0.1, -0.05) is 26.8 Å². The van der Waals surface area contributed by atoms with Gasteiger partial charge in [0.1, 0.15) is 5.75 Å². The van der Waals surface area contributed by atoms with Gasteiger partial charge < -0.3 is 19.6 Å². The molecule has 0 radical (unpaired) electrons. The van der Waals surface area contributed by atoms with Gasteiger partial charge in [0, 0.05) is 13.1 Å². The van der Waals surface area contributed by atoms with Gasteiger partial charge in [0.15, 0.2) is 6.61 Å². The first kappa shape index (κ1) is 21.3. The van der Waals surface area contributed by atoms with Gasteiger partial charge in [-0.2, -0.15) is 0 Å². The molecule has 2 fully saturated rings. The Bertz CT molecular complexity index is 851. The summed E-state index contributed by atoms with van der Waals surface area (Å²) in [7, 11) is 0. The van der Waals surface area contributed by atoms with Crippen molar-refractivity contribution in [2.24, 2.45) is 17.3 Å². The number of hydrogen-bond acceptors (Lipinski definition) is 4. The molecule has 1 aromatic rings. The zero-order valence-electron chi connectivity index (χ0n) is 19.4. The summed E-state index contributed by atoms with van der Waals surface area (Å²) in [6, 6.07) is 4.40. The van der Waals surface area contributed by atoms with Crippen LogP contribution < -0.4 is 9.64 Å². The molecule has 5 atom stereocenters. The van der Waals surface area contributed by atoms with Crippen LogP contribution in [-0.2, 0) is 11.2 Å². The molecule has 1 aromatic carbocycles. The van der Waals surface area contributed by atoms with Crippen LogP contribution in [0.25, 0.3) is 0 Å². The lowest BCUT2D eigenvalue weighted by Crippen LogP contribution is -2.46. The van der Waals surface area contributed by atoms with Gasteiger partial charge in [0.25, 0.3) is 5.91 Å². The summed E-state index contributed by atoms with van der Waals surface area (Å²) in [5, 5.41) is 10.7. The number of aliphatic hydroxyl groups excluding tert-OH is 1. The van der Waals surface area contributed by atoms with E-state index >= 15 is 0 Å². The number of carbonyl (C=O) groups excluding carboxylic acids is 1. The van der Waals surface area contributed by atoms with E-state index in [-0.39, 0.29) is 24.0 Å². The van der Waals surface area contributed by atoms with Crippen molar-refractivity contribution in [2.75, 3.05) is 37.7 Å². The lowest BCUT2D eigenvalue weighted by molar-refractivity contribution is -0.121. The fourth-order valence-corrected chi connectivity index (χ4v) is 7.37. The highest BCUT2D eigenvalue weighted by atomic mass is 16.5. The Hall–Kier alpha value is -1.59. The number of benzene rings is 1. The second kappa shape index (κ2) is 8.08. The third-order valence-electron chi connectivity index (χ3n) is 9.25. The predicted octanol–water partition coefficient (Wildman–Crippen LogP) is 3.97. The third kappa shape index (κ3) is 3.31. The van der Waals surface area contributed by atoms with Crippen LogP contribution in [0.15, 0.2) is 12.1 Å². The summed E-state index contributed by atoms with van der Waals surface area (Å²) in [6.45, 7) is 10.5. The second-order valence-corrected chi connectivity index (χ2v) is 10.4. The average Bonchev–Trinajstić information content (AvgIpc) is 3.09. The molecule has 0 spiro atoms. The number of hydrogen-bond donors (Lipinski definition) is 1. The van der Waals surface area contributed by atoms with E-state index in [1.807, 2.05) is 4.90 Å². The Labute approximate surface area is 186 Å². The largest absolute Gasteiger partial charge is 0.482 e. The minimum atomic E-state index is -0.134. The summed E-state index contributed by atoms with van der Waals surface area (Å²) in [5.74, 6) is 2.81. The normalized spacial score (nSPS) is 34.1. The van der Waals surface area contributed by atoms with Gasteiger partial charge in [-0.15, -0.1) is 0 Å². The molecule has 170 valence electrons. The van der Waals surface area contributed by atoms with Crippen molar-refractivity contribution in [2.45, 2.75) is 71.3 Å². The number of amides is 1. The molecule has 0 bridgehead atoms. The van der Waals surface area contributed by atoms with Gasteiger partial charge in [-0.25, -0.2) is 0 Å². The molecule has 1 amide bonds. The number of ether oxygens (including phenoxy) is 1. The van der Waals surface area contributed by atoms with Crippen molar-refractivity contribution in [3.8, 4) is 5.75 Å². The number of carbonyl (C=O) groups is 1. The fourth-order valence-electron chi connectivity index (χ4n) is 7.37. The summed E-state index contributed by atoms with van der Waals surface area (Å²) in [5.41, 5.74) is 3.96. The predicted molar refractivity (Wildman–Crippen MR) is 123 cm³/mol. The topological polar surface area (TPSA) is 53.0 Å². The lowest BCUT2D eigenvalue weighted by Gasteiger charge is -2.50. The smallest absolute Gasteiger partial charge is 0.265 e. The Balaban J connectivity index is 1.47. The third-order valence-corrected chi connectivity index (χ3v) is 9.25. The summed E-state index contributed by atoms with van der Waals surface area (Å²) >= 11 is 0. The van der Waals surface area contributed by atoms with E-state index in [0.29, 0.717) is 17.8 Å². The maximum atomic E-state index is 12.9. The highest BCUT2D eigenvalue weighted by Gasteiger charge is 2.54. The summed E-state index contributed by atoms with van der Waals surface area (Å²) in [6.07, 6.45) is 6.43. The molecule has 4 aliphatic rings. The standard InChI is InChI=1S/C26H38N2O3/c1-4-27(5-2)14-15-28-24(30)16-31-22-10-8-17-18-12-13-26(3)21(9-11-23(26)29)19(18)6-7-20(17)25(22)28/h8,10,18-19,21,23,29H,4-7,9,11-16H2,1-3H3/t18?,19?,21?,23-,26?/m0/s1. The van der Waals surface area contributed by atoms with E-state index in [4.69, 9.17) is 4.74 Å². The van der Waals surface area contributed by atoms with E-state index in [2.05, 4.69) is 37.8 Å². The van der Waals surface area contributed by atoms with Gasteiger partial charge in [0.05, 0.1) is 11.8 Å². The van der Waals surface area contributed by atoms with Crippen molar-refractivity contribution >= 4 is 11.6 Å². The molecule has 0 aromatic heterocycles. The van der Waals surface area contributed by atoms with Crippen molar-refractivity contribution in [1.82, 2.24) is 4.90 Å². The SMILES string of the molecule is CCN(CC)CCN1C(=O)COc2ccc3c(c21)CCC1C3CCC2(C)C1CC[C@@H]2O. The molecule has 5 rings (SSSR count). The maximum absolute atomic E-state index is 12.9. The van der Waals surface area contributed by atoms with Gasteiger partial charge >= 0.3 is 0 Å². The van der Waals surface area contributed by atoms with E-state index in [9.17, 15) is 9.90 Å². The highest BCUT2D eigenvalue weighted by molar-refractivity contribution is 5.99. The number of fused-ring (bicyclic) bond motifs is 7. The van der Waals surface area contributed by atoms with Gasteiger partial charge in [-0.05, 0) is 92.0 Å². The van der Waals surface area contributed by atoms with Crippen molar-refractivity contribution in [3.63, 3.8) is 0 Å². The number of anilines is 1. The molecule has 5 heteroatoms. The number of likely N-dealkylation sites (N-methyl/N-ethyl adjacent to an activating group) is 1. The molecule has 31 heavy (non-hydrogen) atoms. The Morgan fingerprint density at radius 1 is 1.19 bits per heavy atom. The molecule has 2 saturated carbocycles. The molecule has 1 heterocycles. The van der Waals surface area contributed by atoms with Crippen molar-refractivity contribution in [3.05, 3.63) is 23.3 Å². The number of rotatable bonds is 5. The second-order valence-electron chi connectivity index (χ2n) is 10.4. The quantitative estimate of drug-likeness (QED) is 0.774. The molecule has 5 nitrogen and oxygen atoms in total. The van der Waals surface area contributed by atoms with E-state index in [1.54, 1.807) is 0 Å². The minimum Gasteiger partial charge on any atom is -0.482 e. The van der Waals surface area contributed by atoms with Crippen molar-refractivity contribution in [1.29, 1.82) is 0 Å². The lowest BCUT2D eigenvalue weighted by atomic mass is 9.55. The highest BCUT2D eigenvalue weighted by Crippen LogP contribution is 2.61. The monoisotopic (exact) mass is 426 g/mol. The zero-order valence-corrected chi connectivity index (χ0v) is 19.4. The molecular formula is C26H38N2O3. The van der Waals surface area contributed by atoms with Gasteiger partial charge in [0.2, 0.25) is 0 Å². The van der Waals surface area contributed by atoms with Crippen LogP contribution in [-0.4, -0.2) is 54.8 Å².